The Morgan fingerprint density at radius 2 is 1.80 bits per heavy atom. The van der Waals surface area contributed by atoms with Gasteiger partial charge in [0, 0.05) is 13.8 Å². The van der Waals surface area contributed by atoms with Gasteiger partial charge < -0.3 is 5.21 Å². The summed E-state index contributed by atoms with van der Waals surface area (Å²) in [4.78, 5) is 4.41. The van der Waals surface area contributed by atoms with Gasteiger partial charge in [-0.3, -0.25) is 4.84 Å². The summed E-state index contributed by atoms with van der Waals surface area (Å²) in [6.45, 7) is 7.22. The lowest BCUT2D eigenvalue weighted by Gasteiger charge is -2.33. The number of hydroxylamine groups is 3. The fourth-order valence-corrected chi connectivity index (χ4v) is 2.93. The molecule has 1 heterocycles. The van der Waals surface area contributed by atoms with Crippen LogP contribution in [-0.2, 0) is 4.84 Å². The van der Waals surface area contributed by atoms with Crippen molar-refractivity contribution in [3.8, 4) is 0 Å². The standard InChI is InChI=1S/C9H16Cl2N2O2/c1-8(2)6(7(10)11)12(14)9(3,4)13(8)15-5/h7H,1-5H3. The Bertz CT molecular complexity index is 300. The molecular weight excluding hydrogens is 239 g/mol. The topological polar surface area (TPSA) is 38.5 Å². The van der Waals surface area contributed by atoms with Crippen LogP contribution in [0.15, 0.2) is 0 Å². The van der Waals surface area contributed by atoms with E-state index in [1.807, 2.05) is 13.8 Å². The summed E-state index contributed by atoms with van der Waals surface area (Å²) < 4.78 is 0.821. The van der Waals surface area contributed by atoms with E-state index < -0.39 is 16.0 Å². The first-order valence-electron chi connectivity index (χ1n) is 4.64. The van der Waals surface area contributed by atoms with Crippen LogP contribution >= 0.6 is 23.2 Å². The smallest absolute Gasteiger partial charge is 0.245 e. The van der Waals surface area contributed by atoms with Gasteiger partial charge in [0.2, 0.25) is 11.4 Å². The minimum atomic E-state index is -0.836. The molecule has 0 aromatic carbocycles. The van der Waals surface area contributed by atoms with Crippen molar-refractivity contribution >= 4 is 28.9 Å². The van der Waals surface area contributed by atoms with Crippen molar-refractivity contribution in [3.63, 3.8) is 0 Å². The van der Waals surface area contributed by atoms with Crippen molar-refractivity contribution in [2.45, 2.75) is 43.7 Å². The van der Waals surface area contributed by atoms with Gasteiger partial charge in [-0.25, -0.2) is 0 Å². The second-order valence-electron chi connectivity index (χ2n) is 4.51. The summed E-state index contributed by atoms with van der Waals surface area (Å²) in [6, 6.07) is 0. The minimum absolute atomic E-state index is 0.401. The third kappa shape index (κ3) is 1.73. The predicted octanol–water partition coefficient (Wildman–Crippen LogP) is 2.13. The highest BCUT2D eigenvalue weighted by atomic mass is 35.5. The van der Waals surface area contributed by atoms with Crippen LogP contribution in [0, 0.1) is 5.21 Å². The molecule has 0 atom stereocenters. The largest absolute Gasteiger partial charge is 0.622 e. The van der Waals surface area contributed by atoms with Crippen LogP contribution in [0.4, 0.5) is 0 Å². The van der Waals surface area contributed by atoms with Crippen molar-refractivity contribution in [2.75, 3.05) is 7.11 Å². The Balaban J connectivity index is 3.31. The highest BCUT2D eigenvalue weighted by molar-refractivity contribution is 6.54. The first-order chi connectivity index (χ1) is 6.67. The Kier molecular flexibility index (Phi) is 3.28. The highest BCUT2D eigenvalue weighted by Gasteiger charge is 2.59. The Morgan fingerprint density at radius 1 is 1.33 bits per heavy atom. The molecule has 1 aliphatic heterocycles. The van der Waals surface area contributed by atoms with Gasteiger partial charge >= 0.3 is 0 Å². The summed E-state index contributed by atoms with van der Waals surface area (Å²) in [5.74, 6) is 0. The van der Waals surface area contributed by atoms with Gasteiger partial charge in [-0.1, -0.05) is 23.2 Å². The van der Waals surface area contributed by atoms with Crippen LogP contribution in [0.1, 0.15) is 27.7 Å². The maximum atomic E-state index is 12.0. The molecule has 0 aliphatic carbocycles. The fourth-order valence-electron chi connectivity index (χ4n) is 2.22. The first-order valence-corrected chi connectivity index (χ1v) is 5.52. The molecule has 0 saturated heterocycles. The second-order valence-corrected chi connectivity index (χ2v) is 5.61. The highest BCUT2D eigenvalue weighted by Crippen LogP contribution is 2.36. The van der Waals surface area contributed by atoms with E-state index in [0.29, 0.717) is 5.71 Å². The van der Waals surface area contributed by atoms with Crippen LogP contribution in [0.5, 0.6) is 0 Å². The first kappa shape index (κ1) is 13.0. The second kappa shape index (κ2) is 3.77. The van der Waals surface area contributed by atoms with Crippen LogP contribution < -0.4 is 0 Å². The fraction of sp³-hybridized carbons (Fsp3) is 0.889. The number of rotatable bonds is 2. The predicted molar refractivity (Wildman–Crippen MR) is 61.1 cm³/mol. The lowest BCUT2D eigenvalue weighted by molar-refractivity contribution is -0.582. The van der Waals surface area contributed by atoms with Crippen LogP contribution in [0.3, 0.4) is 0 Å². The Hall–Kier alpha value is -0.0300. The molecule has 0 fully saturated rings. The van der Waals surface area contributed by atoms with Crippen molar-refractivity contribution in [3.05, 3.63) is 5.21 Å². The number of nitrogens with zero attached hydrogens (tertiary/aromatic N) is 2. The molecule has 15 heavy (non-hydrogen) atoms. The molecule has 0 saturated carbocycles. The van der Waals surface area contributed by atoms with E-state index in [1.54, 1.807) is 18.9 Å². The minimum Gasteiger partial charge on any atom is -0.622 e. The molecule has 0 aromatic heterocycles. The summed E-state index contributed by atoms with van der Waals surface area (Å²) in [6.07, 6.45) is 0. The zero-order valence-electron chi connectivity index (χ0n) is 9.54. The maximum absolute atomic E-state index is 12.0. The summed E-state index contributed by atoms with van der Waals surface area (Å²) >= 11 is 11.6. The molecule has 1 rings (SSSR count). The molecule has 88 valence electrons. The van der Waals surface area contributed by atoms with Crippen molar-refractivity contribution in [1.82, 2.24) is 5.06 Å². The van der Waals surface area contributed by atoms with E-state index in [-0.39, 0.29) is 0 Å². The Morgan fingerprint density at radius 3 is 2.00 bits per heavy atom. The van der Waals surface area contributed by atoms with Gasteiger partial charge in [-0.2, -0.15) is 4.74 Å². The number of hydrogen-bond acceptors (Lipinski definition) is 3. The molecule has 0 unspecified atom stereocenters. The normalized spacial score (nSPS) is 25.3. The molecule has 0 bridgehead atoms. The maximum Gasteiger partial charge on any atom is 0.245 e. The molecule has 0 spiro atoms. The zero-order valence-corrected chi connectivity index (χ0v) is 11.1. The van der Waals surface area contributed by atoms with Crippen molar-refractivity contribution in [2.24, 2.45) is 0 Å². The summed E-state index contributed by atoms with van der Waals surface area (Å²) in [7, 11) is 1.53. The average Bonchev–Trinajstić information content (AvgIpc) is 2.14. The number of hydrogen-bond donors (Lipinski definition) is 0. The van der Waals surface area contributed by atoms with Gasteiger partial charge in [0.25, 0.3) is 0 Å². The monoisotopic (exact) mass is 254 g/mol. The number of halogens is 2. The van der Waals surface area contributed by atoms with Crippen molar-refractivity contribution < 1.29 is 9.58 Å². The van der Waals surface area contributed by atoms with Crippen molar-refractivity contribution in [1.29, 1.82) is 0 Å². The van der Waals surface area contributed by atoms with Crippen LogP contribution in [0.25, 0.3) is 0 Å². The molecular formula is C9H16Cl2N2O2. The third-order valence-corrected chi connectivity index (χ3v) is 3.15. The van der Waals surface area contributed by atoms with E-state index in [2.05, 4.69) is 0 Å². The molecule has 0 N–H and O–H groups in total. The number of alkyl halides is 2. The molecule has 0 aromatic rings. The van der Waals surface area contributed by atoms with Gasteiger partial charge in [-0.05, 0) is 13.8 Å². The summed E-state index contributed by atoms with van der Waals surface area (Å²) in [5, 5.41) is 13.6. The van der Waals surface area contributed by atoms with E-state index in [0.717, 1.165) is 4.74 Å². The quantitative estimate of drug-likeness (QED) is 0.431. The lowest BCUT2D eigenvalue weighted by atomic mass is 10.00. The van der Waals surface area contributed by atoms with Crippen LogP contribution in [-0.4, -0.2) is 38.7 Å². The Labute approximate surface area is 99.9 Å². The lowest BCUT2D eigenvalue weighted by Crippen LogP contribution is -2.53. The van der Waals surface area contributed by atoms with E-state index in [1.165, 1.54) is 7.11 Å². The summed E-state index contributed by atoms with van der Waals surface area (Å²) in [5.41, 5.74) is -1.03. The van der Waals surface area contributed by atoms with E-state index >= 15 is 0 Å². The SMILES string of the molecule is CON1C(C)(C)C(C(Cl)Cl)=[N+]([O-])C1(C)C. The molecule has 0 amide bonds. The van der Waals surface area contributed by atoms with Gasteiger partial charge in [0.15, 0.2) is 4.84 Å². The van der Waals surface area contributed by atoms with E-state index in [4.69, 9.17) is 28.0 Å². The molecule has 6 heteroatoms. The molecule has 0 radical (unpaired) electrons. The van der Waals surface area contributed by atoms with Gasteiger partial charge in [0.1, 0.15) is 5.54 Å². The average molecular weight is 255 g/mol. The molecule has 4 nitrogen and oxygen atoms in total. The zero-order chi connectivity index (χ0) is 12.0. The van der Waals surface area contributed by atoms with Crippen LogP contribution in [0.2, 0.25) is 0 Å². The molecule has 1 aliphatic rings. The third-order valence-electron chi connectivity index (χ3n) is 2.74. The van der Waals surface area contributed by atoms with Gasteiger partial charge in [-0.15, -0.1) is 5.06 Å². The van der Waals surface area contributed by atoms with E-state index in [9.17, 15) is 5.21 Å². The van der Waals surface area contributed by atoms with Gasteiger partial charge in [0.05, 0.1) is 7.11 Å².